The Hall–Kier alpha value is -3.53. The lowest BCUT2D eigenvalue weighted by atomic mass is 10.3. The van der Waals surface area contributed by atoms with Crippen LogP contribution < -0.4 is 10.9 Å². The van der Waals surface area contributed by atoms with Gasteiger partial charge in [0, 0.05) is 12.4 Å². The van der Waals surface area contributed by atoms with Crippen LogP contribution in [-0.4, -0.2) is 31.2 Å². The third-order valence-electron chi connectivity index (χ3n) is 3.93. The summed E-state index contributed by atoms with van der Waals surface area (Å²) in [6.45, 7) is 0.128. The van der Waals surface area contributed by atoms with E-state index in [0.717, 1.165) is 11.8 Å². The molecule has 0 fully saturated rings. The van der Waals surface area contributed by atoms with E-state index < -0.39 is 17.3 Å². The highest BCUT2D eigenvalue weighted by Gasteiger charge is 2.16. The lowest BCUT2D eigenvalue weighted by Crippen LogP contribution is -2.25. The summed E-state index contributed by atoms with van der Waals surface area (Å²) in [5.41, 5.74) is 0.00402. The average molecular weight is 411 g/mol. The number of thioether (sulfide) groups is 1. The topological polar surface area (TPSA) is 103 Å². The fraction of sp³-hybridized carbons (Fsp3) is 0.105. The van der Waals surface area contributed by atoms with Crippen LogP contribution in [0.5, 0.6) is 0 Å². The number of amides is 1. The molecule has 10 heteroatoms. The summed E-state index contributed by atoms with van der Waals surface area (Å²) in [5.74, 6) is -0.488. The zero-order valence-electron chi connectivity index (χ0n) is 14.9. The molecule has 0 saturated carbocycles. The fourth-order valence-corrected chi connectivity index (χ4v) is 3.40. The van der Waals surface area contributed by atoms with Crippen LogP contribution in [0.25, 0.3) is 11.2 Å². The molecule has 3 aromatic heterocycles. The third-order valence-corrected chi connectivity index (χ3v) is 4.91. The van der Waals surface area contributed by atoms with Gasteiger partial charge in [-0.15, -0.1) is 0 Å². The number of aromatic nitrogens is 4. The number of furan rings is 1. The molecule has 4 rings (SSSR count). The van der Waals surface area contributed by atoms with Crippen LogP contribution in [0.1, 0.15) is 5.76 Å². The van der Waals surface area contributed by atoms with E-state index in [0.29, 0.717) is 5.76 Å². The number of hydrogen-bond donors (Lipinski definition) is 1. The summed E-state index contributed by atoms with van der Waals surface area (Å²) < 4.78 is 20.4. The second kappa shape index (κ2) is 8.23. The van der Waals surface area contributed by atoms with E-state index in [1.54, 1.807) is 18.2 Å². The Labute approximate surface area is 167 Å². The van der Waals surface area contributed by atoms with Crippen LogP contribution in [0.2, 0.25) is 0 Å². The van der Waals surface area contributed by atoms with Crippen molar-refractivity contribution in [3.63, 3.8) is 0 Å². The van der Waals surface area contributed by atoms with Gasteiger partial charge < -0.3 is 9.73 Å². The van der Waals surface area contributed by atoms with Crippen molar-refractivity contribution in [3.05, 3.63) is 77.0 Å². The first-order valence-electron chi connectivity index (χ1n) is 8.53. The standard InChI is InChI=1S/C19H14FN5O3S/c20-13-5-1-2-6-14(13)23-15(26)11-29-19-24-17-16(21-7-8-22-17)18(27)25(19)10-12-4-3-9-28-12/h1-9H,10-11H2,(H,23,26). The molecule has 0 unspecified atom stereocenters. The minimum Gasteiger partial charge on any atom is -0.467 e. The average Bonchev–Trinajstić information content (AvgIpc) is 3.24. The Morgan fingerprint density at radius 1 is 1.17 bits per heavy atom. The highest BCUT2D eigenvalue weighted by Crippen LogP contribution is 2.19. The molecule has 8 nitrogen and oxygen atoms in total. The zero-order valence-corrected chi connectivity index (χ0v) is 15.7. The second-order valence-corrected chi connectivity index (χ2v) is 6.85. The van der Waals surface area contributed by atoms with Crippen LogP contribution >= 0.6 is 11.8 Å². The lowest BCUT2D eigenvalue weighted by molar-refractivity contribution is -0.113. The fourth-order valence-electron chi connectivity index (χ4n) is 2.62. The predicted molar refractivity (Wildman–Crippen MR) is 105 cm³/mol. The summed E-state index contributed by atoms with van der Waals surface area (Å²) in [6.07, 6.45) is 4.35. The molecule has 146 valence electrons. The van der Waals surface area contributed by atoms with Crippen molar-refractivity contribution in [1.82, 2.24) is 19.5 Å². The zero-order chi connectivity index (χ0) is 20.2. The summed E-state index contributed by atoms with van der Waals surface area (Å²) in [6, 6.07) is 9.32. The van der Waals surface area contributed by atoms with Crippen LogP contribution in [0.4, 0.5) is 10.1 Å². The van der Waals surface area contributed by atoms with Crippen LogP contribution in [-0.2, 0) is 11.3 Å². The van der Waals surface area contributed by atoms with Gasteiger partial charge in [-0.3, -0.25) is 14.2 Å². The molecule has 4 aromatic rings. The Morgan fingerprint density at radius 2 is 2.00 bits per heavy atom. The van der Waals surface area contributed by atoms with Gasteiger partial charge in [-0.2, -0.15) is 0 Å². The van der Waals surface area contributed by atoms with Gasteiger partial charge in [0.05, 0.1) is 24.2 Å². The summed E-state index contributed by atoms with van der Waals surface area (Å²) >= 11 is 1.04. The molecule has 1 amide bonds. The Balaban J connectivity index is 1.61. The molecule has 0 saturated heterocycles. The van der Waals surface area contributed by atoms with E-state index in [-0.39, 0.29) is 34.3 Å². The Kier molecular flexibility index (Phi) is 5.34. The maximum atomic E-state index is 13.7. The summed E-state index contributed by atoms with van der Waals surface area (Å²) in [7, 11) is 0. The maximum Gasteiger partial charge on any atom is 0.282 e. The van der Waals surface area contributed by atoms with Crippen LogP contribution in [0, 0.1) is 5.82 Å². The maximum absolute atomic E-state index is 13.7. The molecule has 0 aliphatic carbocycles. The smallest absolute Gasteiger partial charge is 0.282 e. The summed E-state index contributed by atoms with van der Waals surface area (Å²) in [5, 5.41) is 2.78. The largest absolute Gasteiger partial charge is 0.467 e. The van der Waals surface area contributed by atoms with Gasteiger partial charge in [-0.25, -0.2) is 19.3 Å². The van der Waals surface area contributed by atoms with Gasteiger partial charge >= 0.3 is 0 Å². The van der Waals surface area contributed by atoms with E-state index in [1.165, 1.54) is 41.4 Å². The molecule has 29 heavy (non-hydrogen) atoms. The van der Waals surface area contributed by atoms with E-state index in [9.17, 15) is 14.0 Å². The van der Waals surface area contributed by atoms with Crippen LogP contribution in [0.3, 0.4) is 0 Å². The minimum atomic E-state index is -0.528. The Morgan fingerprint density at radius 3 is 2.79 bits per heavy atom. The number of hydrogen-bond acceptors (Lipinski definition) is 7. The number of carbonyl (C=O) groups excluding carboxylic acids is 1. The number of anilines is 1. The lowest BCUT2D eigenvalue weighted by Gasteiger charge is -2.11. The number of nitrogens with zero attached hydrogens (tertiary/aromatic N) is 4. The molecule has 1 aromatic carbocycles. The molecule has 0 radical (unpaired) electrons. The van der Waals surface area contributed by atoms with Gasteiger partial charge in [0.25, 0.3) is 5.56 Å². The number of carbonyl (C=O) groups is 1. The van der Waals surface area contributed by atoms with Crippen molar-refractivity contribution >= 4 is 34.5 Å². The van der Waals surface area contributed by atoms with E-state index in [1.807, 2.05) is 0 Å². The molecule has 0 aliphatic rings. The van der Waals surface area contributed by atoms with Gasteiger partial charge in [0.2, 0.25) is 5.91 Å². The molecule has 0 aliphatic heterocycles. The van der Waals surface area contributed by atoms with Crippen molar-refractivity contribution in [2.24, 2.45) is 0 Å². The Bertz CT molecular complexity index is 1230. The number of fused-ring (bicyclic) bond motifs is 1. The van der Waals surface area contributed by atoms with Crippen molar-refractivity contribution in [2.45, 2.75) is 11.7 Å². The number of rotatable bonds is 6. The summed E-state index contributed by atoms with van der Waals surface area (Å²) in [4.78, 5) is 37.6. The van der Waals surface area contributed by atoms with Crippen molar-refractivity contribution in [2.75, 3.05) is 11.1 Å². The predicted octanol–water partition coefficient (Wildman–Crippen LogP) is 2.70. The number of para-hydroxylation sites is 1. The highest BCUT2D eigenvalue weighted by atomic mass is 32.2. The molecule has 3 heterocycles. The molecule has 1 N–H and O–H groups in total. The molecular formula is C19H14FN5O3S. The monoisotopic (exact) mass is 411 g/mol. The highest BCUT2D eigenvalue weighted by molar-refractivity contribution is 7.99. The number of nitrogens with one attached hydrogen (secondary N) is 1. The first-order valence-corrected chi connectivity index (χ1v) is 9.51. The SMILES string of the molecule is O=C(CSc1nc2nccnc2c(=O)n1Cc1ccco1)Nc1ccccc1F. The van der Waals surface area contributed by atoms with Crippen molar-refractivity contribution in [1.29, 1.82) is 0 Å². The minimum absolute atomic E-state index is 0.0787. The van der Waals surface area contributed by atoms with E-state index >= 15 is 0 Å². The van der Waals surface area contributed by atoms with E-state index in [4.69, 9.17) is 4.42 Å². The first-order chi connectivity index (χ1) is 14.1. The number of halogens is 1. The van der Waals surface area contributed by atoms with E-state index in [2.05, 4.69) is 20.3 Å². The molecule has 0 bridgehead atoms. The third kappa shape index (κ3) is 4.16. The van der Waals surface area contributed by atoms with Gasteiger partial charge in [-0.1, -0.05) is 23.9 Å². The molecular weight excluding hydrogens is 397 g/mol. The van der Waals surface area contributed by atoms with Gasteiger partial charge in [0.1, 0.15) is 11.6 Å². The quantitative estimate of drug-likeness (QED) is 0.384. The van der Waals surface area contributed by atoms with Crippen molar-refractivity contribution < 1.29 is 13.6 Å². The molecule has 0 atom stereocenters. The van der Waals surface area contributed by atoms with Gasteiger partial charge in [-0.05, 0) is 24.3 Å². The van der Waals surface area contributed by atoms with Crippen LogP contribution in [0.15, 0.2) is 69.4 Å². The second-order valence-electron chi connectivity index (χ2n) is 5.91. The first kappa shape index (κ1) is 18.8. The normalized spacial score (nSPS) is 10.9. The molecule has 0 spiro atoms. The van der Waals surface area contributed by atoms with Crippen molar-refractivity contribution in [3.8, 4) is 0 Å². The number of benzene rings is 1. The van der Waals surface area contributed by atoms with Gasteiger partial charge in [0.15, 0.2) is 16.3 Å².